The lowest BCUT2D eigenvalue weighted by molar-refractivity contribution is -0.660. The van der Waals surface area contributed by atoms with Crippen molar-refractivity contribution in [3.8, 4) is 16.9 Å². The quantitative estimate of drug-likeness (QED) is 0.244. The van der Waals surface area contributed by atoms with Crippen LogP contribution in [-0.2, 0) is 7.05 Å². The fourth-order valence-corrected chi connectivity index (χ4v) is 5.39. The number of nitrogens with zero attached hydrogens (tertiary/aromatic N) is 2. The number of rotatable bonds is 2. The van der Waals surface area contributed by atoms with Crippen LogP contribution < -0.4 is 4.57 Å². The zero-order valence-corrected chi connectivity index (χ0v) is 19.9. The second kappa shape index (κ2) is 7.53. The summed E-state index contributed by atoms with van der Waals surface area (Å²) in [7, 11) is 1.93. The standard InChI is InChI=1S/C31H26FN2/c1-19-15-20(2)21(3)26(16-19)31-25-14-13-22(17-27(25)28(32)18-33(31)4)34-29-11-7-5-9-23(29)24-10-6-8-12-30(24)34/h5-18H,1-4H3/q+1. The molecule has 6 rings (SSSR count). The minimum absolute atomic E-state index is 0.217. The van der Waals surface area contributed by atoms with Gasteiger partial charge < -0.3 is 4.57 Å². The molecule has 0 aliphatic carbocycles. The molecule has 0 aliphatic rings. The summed E-state index contributed by atoms with van der Waals surface area (Å²) in [5.41, 5.74) is 9.06. The molecule has 0 aliphatic heterocycles. The van der Waals surface area contributed by atoms with Crippen LogP contribution in [0.15, 0.2) is 85.1 Å². The topological polar surface area (TPSA) is 8.81 Å². The molecule has 0 atom stereocenters. The van der Waals surface area contributed by atoms with E-state index in [0.717, 1.165) is 33.4 Å². The van der Waals surface area contributed by atoms with Gasteiger partial charge in [0.25, 0.3) is 0 Å². The average molecular weight is 446 g/mol. The zero-order valence-electron chi connectivity index (χ0n) is 19.9. The summed E-state index contributed by atoms with van der Waals surface area (Å²) in [5.74, 6) is -0.217. The van der Waals surface area contributed by atoms with E-state index in [1.807, 2.05) is 17.7 Å². The number of fused-ring (bicyclic) bond motifs is 4. The Hall–Kier alpha value is -3.98. The lowest BCUT2D eigenvalue weighted by atomic mass is 9.94. The summed E-state index contributed by atoms with van der Waals surface area (Å²) in [6.07, 6.45) is 1.60. The van der Waals surface area contributed by atoms with Crippen molar-refractivity contribution < 1.29 is 8.96 Å². The third kappa shape index (κ3) is 2.97. The maximum Gasteiger partial charge on any atom is 0.220 e. The Morgan fingerprint density at radius 1 is 0.706 bits per heavy atom. The van der Waals surface area contributed by atoms with E-state index in [0.29, 0.717) is 5.39 Å². The number of hydrogen-bond donors (Lipinski definition) is 0. The summed E-state index contributed by atoms with van der Waals surface area (Å²) in [6, 6.07) is 27.4. The van der Waals surface area contributed by atoms with Crippen molar-refractivity contribution in [3.05, 3.63) is 108 Å². The van der Waals surface area contributed by atoms with Gasteiger partial charge in [-0.2, -0.15) is 8.96 Å². The number of pyridine rings is 1. The van der Waals surface area contributed by atoms with Gasteiger partial charge in [0.05, 0.1) is 22.0 Å². The Morgan fingerprint density at radius 2 is 1.35 bits per heavy atom. The van der Waals surface area contributed by atoms with Gasteiger partial charge in [-0.05, 0) is 68.3 Å². The van der Waals surface area contributed by atoms with E-state index in [9.17, 15) is 0 Å². The van der Waals surface area contributed by atoms with E-state index in [2.05, 4.69) is 98.1 Å². The fraction of sp³-hybridized carbons (Fsp3) is 0.129. The van der Waals surface area contributed by atoms with Crippen molar-refractivity contribution in [2.75, 3.05) is 0 Å². The molecule has 34 heavy (non-hydrogen) atoms. The van der Waals surface area contributed by atoms with Crippen LogP contribution in [0, 0.1) is 26.6 Å². The van der Waals surface area contributed by atoms with E-state index in [-0.39, 0.29) is 5.82 Å². The monoisotopic (exact) mass is 445 g/mol. The van der Waals surface area contributed by atoms with Crippen molar-refractivity contribution >= 4 is 32.6 Å². The van der Waals surface area contributed by atoms with Crippen LogP contribution in [0.4, 0.5) is 4.39 Å². The number of hydrogen-bond acceptors (Lipinski definition) is 0. The number of halogens is 1. The molecule has 0 spiro atoms. The first-order valence-electron chi connectivity index (χ1n) is 11.6. The molecule has 2 aromatic heterocycles. The zero-order chi connectivity index (χ0) is 23.6. The van der Waals surface area contributed by atoms with Crippen LogP contribution >= 0.6 is 0 Å². The molecule has 0 N–H and O–H groups in total. The van der Waals surface area contributed by atoms with Crippen molar-refractivity contribution in [1.29, 1.82) is 0 Å². The highest BCUT2D eigenvalue weighted by Crippen LogP contribution is 2.35. The van der Waals surface area contributed by atoms with Crippen LogP contribution in [0.3, 0.4) is 0 Å². The Kier molecular flexibility index (Phi) is 4.56. The molecule has 3 heteroatoms. The van der Waals surface area contributed by atoms with Gasteiger partial charge in [-0.25, -0.2) is 0 Å². The molecule has 4 aromatic carbocycles. The van der Waals surface area contributed by atoms with Gasteiger partial charge >= 0.3 is 0 Å². The van der Waals surface area contributed by atoms with Crippen LogP contribution in [0.5, 0.6) is 0 Å². The lowest BCUT2D eigenvalue weighted by Gasteiger charge is -2.13. The Morgan fingerprint density at radius 3 is 2.03 bits per heavy atom. The molecule has 166 valence electrons. The minimum Gasteiger partial charge on any atom is -0.309 e. The molecule has 0 saturated carbocycles. The molecule has 6 aromatic rings. The highest BCUT2D eigenvalue weighted by molar-refractivity contribution is 6.09. The van der Waals surface area contributed by atoms with Crippen LogP contribution in [-0.4, -0.2) is 4.57 Å². The number of benzene rings is 4. The maximum atomic E-state index is 15.4. The number of aryl methyl sites for hydroxylation is 3. The summed E-state index contributed by atoms with van der Waals surface area (Å²) in [4.78, 5) is 0. The van der Waals surface area contributed by atoms with Gasteiger partial charge in [-0.1, -0.05) is 48.0 Å². The van der Waals surface area contributed by atoms with Crippen LogP contribution in [0.25, 0.3) is 49.5 Å². The van der Waals surface area contributed by atoms with E-state index < -0.39 is 0 Å². The van der Waals surface area contributed by atoms with Gasteiger partial charge in [0, 0.05) is 21.8 Å². The Labute approximate surface area is 198 Å². The van der Waals surface area contributed by atoms with Crippen LogP contribution in [0.2, 0.25) is 0 Å². The molecule has 0 unspecified atom stereocenters. The summed E-state index contributed by atoms with van der Waals surface area (Å²) < 4.78 is 19.6. The van der Waals surface area contributed by atoms with Crippen molar-refractivity contribution in [2.24, 2.45) is 7.05 Å². The highest BCUT2D eigenvalue weighted by atomic mass is 19.1. The SMILES string of the molecule is Cc1cc(C)c(C)c(-c2c3ccc(-n4c5ccccc5c5ccccc54)cc3c(F)c[n+]2C)c1. The minimum atomic E-state index is -0.217. The molecule has 0 amide bonds. The van der Waals surface area contributed by atoms with Gasteiger partial charge in [0.15, 0.2) is 5.82 Å². The smallest absolute Gasteiger partial charge is 0.220 e. The number of aromatic nitrogens is 2. The van der Waals surface area contributed by atoms with Crippen molar-refractivity contribution in [3.63, 3.8) is 0 Å². The summed E-state index contributed by atoms with van der Waals surface area (Å²) in [6.45, 7) is 6.39. The third-order valence-electron chi connectivity index (χ3n) is 7.08. The second-order valence-electron chi connectivity index (χ2n) is 9.29. The first-order valence-corrected chi connectivity index (χ1v) is 11.6. The van der Waals surface area contributed by atoms with Gasteiger partial charge in [-0.15, -0.1) is 0 Å². The van der Waals surface area contributed by atoms with E-state index in [1.165, 1.54) is 27.5 Å². The molecule has 0 fully saturated rings. The van der Waals surface area contributed by atoms with Crippen molar-refractivity contribution in [1.82, 2.24) is 4.57 Å². The molecular weight excluding hydrogens is 419 g/mol. The predicted octanol–water partition coefficient (Wildman–Crippen LogP) is 7.49. The Bertz CT molecular complexity index is 1700. The molecule has 0 bridgehead atoms. The first kappa shape index (κ1) is 20.6. The first-order chi connectivity index (χ1) is 16.4. The number of para-hydroxylation sites is 2. The molecule has 0 radical (unpaired) electrons. The maximum absolute atomic E-state index is 15.4. The molecule has 0 saturated heterocycles. The van der Waals surface area contributed by atoms with E-state index in [1.54, 1.807) is 6.20 Å². The molecule has 2 nitrogen and oxygen atoms in total. The van der Waals surface area contributed by atoms with Crippen molar-refractivity contribution in [2.45, 2.75) is 20.8 Å². The van der Waals surface area contributed by atoms with E-state index in [4.69, 9.17) is 0 Å². The largest absolute Gasteiger partial charge is 0.309 e. The lowest BCUT2D eigenvalue weighted by Crippen LogP contribution is -2.32. The third-order valence-corrected chi connectivity index (χ3v) is 7.08. The van der Waals surface area contributed by atoms with Gasteiger partial charge in [0.1, 0.15) is 7.05 Å². The Balaban J connectivity index is 1.68. The normalized spacial score (nSPS) is 11.7. The highest BCUT2D eigenvalue weighted by Gasteiger charge is 2.22. The molecule has 2 heterocycles. The van der Waals surface area contributed by atoms with Gasteiger partial charge in [-0.3, -0.25) is 0 Å². The summed E-state index contributed by atoms with van der Waals surface area (Å²) in [5, 5.41) is 3.94. The van der Waals surface area contributed by atoms with Gasteiger partial charge in [0.2, 0.25) is 11.9 Å². The molecular formula is C31H26FN2+. The predicted molar refractivity (Wildman–Crippen MR) is 139 cm³/mol. The average Bonchev–Trinajstić information content (AvgIpc) is 3.16. The second-order valence-corrected chi connectivity index (χ2v) is 9.29. The van der Waals surface area contributed by atoms with Crippen LogP contribution in [0.1, 0.15) is 16.7 Å². The summed E-state index contributed by atoms with van der Waals surface area (Å²) >= 11 is 0. The van der Waals surface area contributed by atoms with E-state index >= 15 is 4.39 Å². The fourth-order valence-electron chi connectivity index (χ4n) is 5.39.